The van der Waals surface area contributed by atoms with Gasteiger partial charge in [-0.2, -0.15) is 0 Å². The van der Waals surface area contributed by atoms with Crippen LogP contribution in [0.3, 0.4) is 0 Å². The quantitative estimate of drug-likeness (QED) is 0.695. The Balaban J connectivity index is 2.10. The van der Waals surface area contributed by atoms with Crippen molar-refractivity contribution in [2.75, 3.05) is 0 Å². The number of benzene rings is 2. The molecule has 0 aliphatic rings. The minimum absolute atomic E-state index is 0.0546. The van der Waals surface area contributed by atoms with Gasteiger partial charge in [0.05, 0.1) is 5.39 Å². The van der Waals surface area contributed by atoms with Crippen LogP contribution in [0.25, 0.3) is 11.0 Å². The van der Waals surface area contributed by atoms with Gasteiger partial charge in [-0.25, -0.2) is 0 Å². The summed E-state index contributed by atoms with van der Waals surface area (Å²) in [6.07, 6.45) is 0.624. The summed E-state index contributed by atoms with van der Waals surface area (Å²) in [5, 5.41) is 0.643. The Kier molecular flexibility index (Phi) is 3.45. The van der Waals surface area contributed by atoms with Crippen molar-refractivity contribution in [3.63, 3.8) is 0 Å². The minimum atomic E-state index is 0.0546. The Morgan fingerprint density at radius 3 is 2.50 bits per heavy atom. The van der Waals surface area contributed by atoms with Gasteiger partial charge in [0.15, 0.2) is 5.43 Å². The van der Waals surface area contributed by atoms with Crippen LogP contribution in [-0.2, 0) is 6.42 Å². The van der Waals surface area contributed by atoms with E-state index in [1.54, 1.807) is 6.07 Å². The number of rotatable bonds is 2. The molecule has 3 aromatic rings. The first kappa shape index (κ1) is 13.1. The maximum atomic E-state index is 12.3. The molecule has 1 heterocycles. The standard InChI is InChI=1S/C17H13BrO2/c1-11-16(10-12-6-8-13(18)9-7-12)20-15-5-3-2-4-14(15)17(11)19/h2-9H,10H2,1H3. The second-order valence-corrected chi connectivity index (χ2v) is 5.69. The largest absolute Gasteiger partial charge is 0.460 e. The van der Waals surface area contributed by atoms with Crippen molar-refractivity contribution in [3.8, 4) is 0 Å². The average Bonchev–Trinajstić information content (AvgIpc) is 2.47. The molecular formula is C17H13BrO2. The minimum Gasteiger partial charge on any atom is -0.460 e. The van der Waals surface area contributed by atoms with E-state index in [0.717, 1.165) is 15.8 Å². The summed E-state index contributed by atoms with van der Waals surface area (Å²) in [5.74, 6) is 0.732. The lowest BCUT2D eigenvalue weighted by molar-refractivity contribution is 0.543. The van der Waals surface area contributed by atoms with E-state index in [1.165, 1.54) is 0 Å². The van der Waals surface area contributed by atoms with Crippen molar-refractivity contribution < 1.29 is 4.42 Å². The Morgan fingerprint density at radius 1 is 1.05 bits per heavy atom. The van der Waals surface area contributed by atoms with Crippen LogP contribution < -0.4 is 5.43 Å². The molecule has 3 heteroatoms. The predicted molar refractivity (Wildman–Crippen MR) is 84.2 cm³/mol. The molecule has 2 nitrogen and oxygen atoms in total. The summed E-state index contributed by atoms with van der Waals surface area (Å²) in [5.41, 5.74) is 2.51. The van der Waals surface area contributed by atoms with Gasteiger partial charge in [0.2, 0.25) is 0 Å². The molecule has 0 saturated heterocycles. The molecule has 0 spiro atoms. The summed E-state index contributed by atoms with van der Waals surface area (Å²) >= 11 is 3.42. The van der Waals surface area contributed by atoms with Crippen molar-refractivity contribution in [1.29, 1.82) is 0 Å². The molecule has 0 aliphatic heterocycles. The molecular weight excluding hydrogens is 316 g/mol. The van der Waals surface area contributed by atoms with E-state index in [9.17, 15) is 4.79 Å². The molecule has 0 saturated carbocycles. The van der Waals surface area contributed by atoms with Crippen molar-refractivity contribution in [2.45, 2.75) is 13.3 Å². The van der Waals surface area contributed by atoms with Gasteiger partial charge >= 0.3 is 0 Å². The molecule has 3 rings (SSSR count). The van der Waals surface area contributed by atoms with Crippen molar-refractivity contribution in [3.05, 3.63) is 80.1 Å². The molecule has 0 aliphatic carbocycles. The van der Waals surface area contributed by atoms with Gasteiger partial charge in [-0.3, -0.25) is 4.79 Å². The molecule has 1 aromatic heterocycles. The van der Waals surface area contributed by atoms with E-state index in [0.29, 0.717) is 23.0 Å². The monoisotopic (exact) mass is 328 g/mol. The van der Waals surface area contributed by atoms with Gasteiger partial charge in [0.1, 0.15) is 11.3 Å². The fraction of sp³-hybridized carbons (Fsp3) is 0.118. The first-order valence-corrected chi connectivity index (χ1v) is 7.20. The topological polar surface area (TPSA) is 30.2 Å². The van der Waals surface area contributed by atoms with Crippen LogP contribution in [0.15, 0.2) is 62.2 Å². The number of para-hydroxylation sites is 1. The predicted octanol–water partition coefficient (Wildman–Crippen LogP) is 4.45. The molecule has 0 amide bonds. The lowest BCUT2D eigenvalue weighted by Gasteiger charge is -2.07. The maximum Gasteiger partial charge on any atom is 0.195 e. The summed E-state index contributed by atoms with van der Waals surface area (Å²) in [4.78, 5) is 12.3. The van der Waals surface area contributed by atoms with Gasteiger partial charge in [-0.15, -0.1) is 0 Å². The smallest absolute Gasteiger partial charge is 0.195 e. The molecule has 100 valence electrons. The second kappa shape index (κ2) is 5.25. The van der Waals surface area contributed by atoms with Crippen LogP contribution in [0.2, 0.25) is 0 Å². The molecule has 0 atom stereocenters. The third-order valence-corrected chi connectivity index (χ3v) is 3.93. The number of halogens is 1. The number of hydrogen-bond donors (Lipinski definition) is 0. The Hall–Kier alpha value is -1.87. The second-order valence-electron chi connectivity index (χ2n) is 4.78. The normalized spacial score (nSPS) is 10.9. The molecule has 0 radical (unpaired) electrons. The Labute approximate surface area is 125 Å². The molecule has 0 bridgehead atoms. The van der Waals surface area contributed by atoms with Crippen molar-refractivity contribution >= 4 is 26.9 Å². The summed E-state index contributed by atoms with van der Waals surface area (Å²) in [6, 6.07) is 15.4. The number of hydrogen-bond acceptors (Lipinski definition) is 2. The highest BCUT2D eigenvalue weighted by Crippen LogP contribution is 2.19. The molecule has 2 aromatic carbocycles. The SMILES string of the molecule is Cc1c(Cc2ccc(Br)cc2)oc2ccccc2c1=O. The van der Waals surface area contributed by atoms with Gasteiger partial charge in [-0.1, -0.05) is 40.2 Å². The lowest BCUT2D eigenvalue weighted by atomic mass is 10.1. The van der Waals surface area contributed by atoms with Gasteiger partial charge < -0.3 is 4.42 Å². The van der Waals surface area contributed by atoms with Crippen LogP contribution in [0.5, 0.6) is 0 Å². The molecule has 20 heavy (non-hydrogen) atoms. The highest BCUT2D eigenvalue weighted by molar-refractivity contribution is 9.10. The van der Waals surface area contributed by atoms with Crippen LogP contribution >= 0.6 is 15.9 Å². The van der Waals surface area contributed by atoms with E-state index in [4.69, 9.17) is 4.42 Å². The van der Waals surface area contributed by atoms with E-state index >= 15 is 0 Å². The van der Waals surface area contributed by atoms with E-state index in [2.05, 4.69) is 15.9 Å². The van der Waals surface area contributed by atoms with Gasteiger partial charge in [0, 0.05) is 16.5 Å². The lowest BCUT2D eigenvalue weighted by Crippen LogP contribution is -2.09. The van der Waals surface area contributed by atoms with Crippen LogP contribution in [0.1, 0.15) is 16.9 Å². The highest BCUT2D eigenvalue weighted by Gasteiger charge is 2.10. The molecule has 0 fully saturated rings. The van der Waals surface area contributed by atoms with Gasteiger partial charge in [-0.05, 0) is 36.8 Å². The summed E-state index contributed by atoms with van der Waals surface area (Å²) < 4.78 is 6.94. The Morgan fingerprint density at radius 2 is 1.75 bits per heavy atom. The van der Waals surface area contributed by atoms with Crippen molar-refractivity contribution in [2.24, 2.45) is 0 Å². The van der Waals surface area contributed by atoms with E-state index in [-0.39, 0.29) is 5.43 Å². The van der Waals surface area contributed by atoms with Crippen LogP contribution in [-0.4, -0.2) is 0 Å². The maximum absolute atomic E-state index is 12.3. The fourth-order valence-electron chi connectivity index (χ4n) is 2.24. The van der Waals surface area contributed by atoms with Crippen LogP contribution in [0.4, 0.5) is 0 Å². The van der Waals surface area contributed by atoms with E-state index < -0.39 is 0 Å². The van der Waals surface area contributed by atoms with Gasteiger partial charge in [0.25, 0.3) is 0 Å². The summed E-state index contributed by atoms with van der Waals surface area (Å²) in [6.45, 7) is 1.83. The third kappa shape index (κ3) is 2.41. The number of fused-ring (bicyclic) bond motifs is 1. The zero-order valence-electron chi connectivity index (χ0n) is 11.0. The Bertz CT molecular complexity index is 817. The van der Waals surface area contributed by atoms with Crippen molar-refractivity contribution in [1.82, 2.24) is 0 Å². The molecule has 0 N–H and O–H groups in total. The molecule has 0 unspecified atom stereocenters. The highest BCUT2D eigenvalue weighted by atomic mass is 79.9. The average molecular weight is 329 g/mol. The first-order valence-electron chi connectivity index (χ1n) is 6.41. The van der Waals surface area contributed by atoms with Crippen LogP contribution in [0, 0.1) is 6.92 Å². The third-order valence-electron chi connectivity index (χ3n) is 3.40. The zero-order chi connectivity index (χ0) is 14.1. The summed E-state index contributed by atoms with van der Waals surface area (Å²) in [7, 11) is 0. The fourth-order valence-corrected chi connectivity index (χ4v) is 2.50. The van der Waals surface area contributed by atoms with E-state index in [1.807, 2.05) is 49.4 Å². The first-order chi connectivity index (χ1) is 9.65. The zero-order valence-corrected chi connectivity index (χ0v) is 12.6.